The van der Waals surface area contributed by atoms with Crippen molar-refractivity contribution in [2.75, 3.05) is 6.61 Å². The molecular formula is C15H18N4O3. The minimum atomic E-state index is -0.203. The van der Waals surface area contributed by atoms with Gasteiger partial charge in [0, 0.05) is 6.42 Å². The number of nitrogens with one attached hydrogen (secondary N) is 1. The van der Waals surface area contributed by atoms with Crippen LogP contribution >= 0.6 is 0 Å². The molecule has 3 rings (SSSR count). The van der Waals surface area contributed by atoms with Gasteiger partial charge in [0.15, 0.2) is 17.6 Å². The quantitative estimate of drug-likeness (QED) is 0.892. The van der Waals surface area contributed by atoms with E-state index in [-0.39, 0.29) is 18.1 Å². The normalized spacial score (nSPS) is 17.8. The average molecular weight is 302 g/mol. The van der Waals surface area contributed by atoms with E-state index in [4.69, 9.17) is 9.47 Å². The summed E-state index contributed by atoms with van der Waals surface area (Å²) in [6.07, 6.45) is 3.18. The van der Waals surface area contributed by atoms with E-state index in [0.717, 1.165) is 5.75 Å². The lowest BCUT2D eigenvalue weighted by Gasteiger charge is -2.30. The maximum Gasteiger partial charge on any atom is 0.222 e. The first kappa shape index (κ1) is 14.4. The average Bonchev–Trinajstić information content (AvgIpc) is 3.06. The molecular weight excluding hydrogens is 284 g/mol. The molecule has 116 valence electrons. The van der Waals surface area contributed by atoms with Crippen molar-refractivity contribution >= 4 is 5.91 Å². The highest BCUT2D eigenvalue weighted by Gasteiger charge is 2.26. The third-order valence-corrected chi connectivity index (χ3v) is 3.51. The zero-order chi connectivity index (χ0) is 15.4. The lowest BCUT2D eigenvalue weighted by atomic mass is 10.1. The number of amides is 1. The first-order chi connectivity index (χ1) is 10.7. The molecule has 0 unspecified atom stereocenters. The number of aryl methyl sites for hydroxylation is 1. The van der Waals surface area contributed by atoms with E-state index in [2.05, 4.69) is 15.4 Å². The summed E-state index contributed by atoms with van der Waals surface area (Å²) in [5.41, 5.74) is 0. The van der Waals surface area contributed by atoms with E-state index < -0.39 is 0 Å². The number of carbonyl (C=O) groups is 1. The van der Waals surface area contributed by atoms with E-state index in [1.807, 2.05) is 31.2 Å². The molecule has 0 saturated heterocycles. The summed E-state index contributed by atoms with van der Waals surface area (Å²) in [6, 6.07) is 7.38. The number of hydrogen-bond acceptors (Lipinski definition) is 5. The molecule has 7 nitrogen and oxygen atoms in total. The highest BCUT2D eigenvalue weighted by atomic mass is 16.6. The molecule has 0 aliphatic carbocycles. The van der Waals surface area contributed by atoms with Crippen molar-refractivity contribution in [1.29, 1.82) is 0 Å². The molecule has 1 amide bonds. The maximum absolute atomic E-state index is 12.0. The van der Waals surface area contributed by atoms with E-state index in [1.165, 1.54) is 6.33 Å². The first-order valence-electron chi connectivity index (χ1n) is 7.22. The Kier molecular flexibility index (Phi) is 4.22. The van der Waals surface area contributed by atoms with Gasteiger partial charge in [0.25, 0.3) is 0 Å². The van der Waals surface area contributed by atoms with Gasteiger partial charge in [-0.25, -0.2) is 4.98 Å². The zero-order valence-electron chi connectivity index (χ0n) is 12.3. The Hall–Kier alpha value is -2.57. The Bertz CT molecular complexity index is 629. The maximum atomic E-state index is 12.0. The molecule has 1 aromatic heterocycles. The summed E-state index contributed by atoms with van der Waals surface area (Å²) in [4.78, 5) is 15.8. The Labute approximate surface area is 128 Å². The van der Waals surface area contributed by atoms with Gasteiger partial charge >= 0.3 is 0 Å². The van der Waals surface area contributed by atoms with Crippen LogP contribution in [0, 0.1) is 0 Å². The van der Waals surface area contributed by atoms with E-state index in [0.29, 0.717) is 25.3 Å². The number of rotatable bonds is 5. The number of carbonyl (C=O) groups excluding carboxylic acids is 1. The minimum absolute atomic E-state index is 0.0505. The van der Waals surface area contributed by atoms with Crippen LogP contribution < -0.4 is 14.8 Å². The molecule has 0 spiro atoms. The third kappa shape index (κ3) is 3.36. The fraction of sp³-hybridized carbons (Fsp3) is 0.400. The Balaban J connectivity index is 1.50. The number of para-hydroxylation sites is 2. The highest BCUT2D eigenvalue weighted by Crippen LogP contribution is 2.31. The molecule has 1 aromatic carbocycles. The smallest absolute Gasteiger partial charge is 0.222 e. The van der Waals surface area contributed by atoms with Crippen molar-refractivity contribution < 1.29 is 14.3 Å². The summed E-state index contributed by atoms with van der Waals surface area (Å²) >= 11 is 0. The number of ether oxygens (including phenoxy) is 2. The van der Waals surface area contributed by atoms with Crippen LogP contribution in [0.4, 0.5) is 0 Å². The van der Waals surface area contributed by atoms with Crippen LogP contribution in [0.15, 0.2) is 36.9 Å². The second-order valence-electron chi connectivity index (χ2n) is 5.18. The van der Waals surface area contributed by atoms with Crippen molar-refractivity contribution in [2.45, 2.75) is 32.0 Å². The highest BCUT2D eigenvalue weighted by molar-refractivity contribution is 5.76. The molecule has 0 bridgehead atoms. The van der Waals surface area contributed by atoms with Crippen LogP contribution in [0.2, 0.25) is 0 Å². The van der Waals surface area contributed by atoms with E-state index in [9.17, 15) is 4.79 Å². The first-order valence-corrected chi connectivity index (χ1v) is 7.22. The van der Waals surface area contributed by atoms with E-state index in [1.54, 1.807) is 11.0 Å². The fourth-order valence-electron chi connectivity index (χ4n) is 2.27. The number of nitrogens with zero attached hydrogens (tertiary/aromatic N) is 3. The lowest BCUT2D eigenvalue weighted by Crippen LogP contribution is -2.48. The number of benzene rings is 1. The minimum Gasteiger partial charge on any atom is -0.486 e. The molecule has 7 heteroatoms. The van der Waals surface area contributed by atoms with Gasteiger partial charge in [-0.15, -0.1) is 0 Å². The summed E-state index contributed by atoms with van der Waals surface area (Å²) in [7, 11) is 0. The van der Waals surface area contributed by atoms with Gasteiger partial charge in [-0.2, -0.15) is 5.10 Å². The van der Waals surface area contributed by atoms with Gasteiger partial charge in [0.05, 0.1) is 12.6 Å². The Morgan fingerprint density at radius 1 is 1.45 bits per heavy atom. The molecule has 2 atom stereocenters. The standard InChI is InChI=1S/C15H18N4O3/c1-11(18-15(20)6-7-19-10-16-9-17-19)14-8-21-12-4-2-3-5-13(12)22-14/h2-5,9-11,14H,6-8H2,1H3,(H,18,20)/t11-,14+/m1/s1. The summed E-state index contributed by atoms with van der Waals surface area (Å²) < 4.78 is 13.2. The monoisotopic (exact) mass is 302 g/mol. The van der Waals surface area contributed by atoms with Gasteiger partial charge in [-0.3, -0.25) is 9.48 Å². The molecule has 0 saturated carbocycles. The van der Waals surface area contributed by atoms with Gasteiger partial charge < -0.3 is 14.8 Å². The van der Waals surface area contributed by atoms with Gasteiger partial charge in [0.2, 0.25) is 5.91 Å². The zero-order valence-corrected chi connectivity index (χ0v) is 12.3. The van der Waals surface area contributed by atoms with Gasteiger partial charge in [-0.05, 0) is 19.1 Å². The van der Waals surface area contributed by atoms with Crippen molar-refractivity contribution in [3.63, 3.8) is 0 Å². The molecule has 1 aliphatic heterocycles. The number of aromatic nitrogens is 3. The van der Waals surface area contributed by atoms with Crippen LogP contribution in [0.3, 0.4) is 0 Å². The molecule has 22 heavy (non-hydrogen) atoms. The fourth-order valence-corrected chi connectivity index (χ4v) is 2.27. The molecule has 1 N–H and O–H groups in total. The van der Waals surface area contributed by atoms with Crippen LogP contribution in [-0.2, 0) is 11.3 Å². The van der Waals surface area contributed by atoms with Crippen molar-refractivity contribution in [3.05, 3.63) is 36.9 Å². The molecule has 2 aromatic rings. The summed E-state index contributed by atoms with van der Waals surface area (Å²) in [5.74, 6) is 1.40. The van der Waals surface area contributed by atoms with Crippen molar-refractivity contribution in [1.82, 2.24) is 20.1 Å². The molecule has 0 radical (unpaired) electrons. The third-order valence-electron chi connectivity index (χ3n) is 3.51. The summed E-state index contributed by atoms with van der Waals surface area (Å²) in [6.45, 7) is 2.83. The lowest BCUT2D eigenvalue weighted by molar-refractivity contribution is -0.122. The Morgan fingerprint density at radius 3 is 3.05 bits per heavy atom. The number of hydrogen-bond donors (Lipinski definition) is 1. The largest absolute Gasteiger partial charge is 0.486 e. The van der Waals surface area contributed by atoms with E-state index >= 15 is 0 Å². The second-order valence-corrected chi connectivity index (χ2v) is 5.18. The molecule has 0 fully saturated rings. The van der Waals surface area contributed by atoms with Gasteiger partial charge in [0.1, 0.15) is 19.3 Å². The predicted molar refractivity (Wildman–Crippen MR) is 78.6 cm³/mol. The second kappa shape index (κ2) is 6.46. The number of fused-ring (bicyclic) bond motifs is 1. The van der Waals surface area contributed by atoms with Crippen LogP contribution in [0.5, 0.6) is 11.5 Å². The molecule has 2 heterocycles. The van der Waals surface area contributed by atoms with Crippen LogP contribution in [0.1, 0.15) is 13.3 Å². The predicted octanol–water partition coefficient (Wildman–Crippen LogP) is 1.01. The topological polar surface area (TPSA) is 78.3 Å². The SMILES string of the molecule is C[C@@H](NC(=O)CCn1cncn1)[C@@H]1COc2ccccc2O1. The van der Waals surface area contributed by atoms with Gasteiger partial charge in [-0.1, -0.05) is 12.1 Å². The van der Waals surface area contributed by atoms with Crippen LogP contribution in [-0.4, -0.2) is 39.4 Å². The van der Waals surface area contributed by atoms with Crippen molar-refractivity contribution in [3.8, 4) is 11.5 Å². The van der Waals surface area contributed by atoms with Crippen LogP contribution in [0.25, 0.3) is 0 Å². The summed E-state index contributed by atoms with van der Waals surface area (Å²) in [5, 5.41) is 6.90. The van der Waals surface area contributed by atoms with Crippen molar-refractivity contribution in [2.24, 2.45) is 0 Å². The Morgan fingerprint density at radius 2 is 2.27 bits per heavy atom. The molecule has 1 aliphatic rings.